The number of ether oxygens (including phenoxy) is 1. The van der Waals surface area contributed by atoms with Crippen LogP contribution in [0.4, 0.5) is 0 Å². The highest BCUT2D eigenvalue weighted by Crippen LogP contribution is 2.31. The molecule has 144 valence electrons. The Hall–Kier alpha value is -1.43. The maximum absolute atomic E-state index is 12.7. The summed E-state index contributed by atoms with van der Waals surface area (Å²) in [6.45, 7) is 3.82. The molecule has 0 fully saturated rings. The summed E-state index contributed by atoms with van der Waals surface area (Å²) in [5, 5.41) is 8.90. The van der Waals surface area contributed by atoms with Gasteiger partial charge in [0.05, 0.1) is 12.0 Å². The molecule has 11 heteroatoms. The predicted octanol–water partition coefficient (Wildman–Crippen LogP) is 2.13. The molecular weight excluding hydrogens is 396 g/mol. The minimum absolute atomic E-state index is 0.110. The molecule has 0 aliphatic carbocycles. The molecule has 2 aromatic rings. The first kappa shape index (κ1) is 20.9. The molecular formula is C15H22N4O4S3. The van der Waals surface area contributed by atoms with Gasteiger partial charge in [0.1, 0.15) is 10.3 Å². The second kappa shape index (κ2) is 8.51. The molecule has 0 bridgehead atoms. The average Bonchev–Trinajstić information content (AvgIpc) is 3.19. The third-order valence-corrected chi connectivity index (χ3v) is 7.34. The number of hydrogen-bond acceptors (Lipinski definition) is 8. The van der Waals surface area contributed by atoms with Crippen LogP contribution in [0.2, 0.25) is 0 Å². The highest BCUT2D eigenvalue weighted by molar-refractivity contribution is 7.98. The molecule has 2 heterocycles. The second-order valence-electron chi connectivity index (χ2n) is 6.01. The van der Waals surface area contributed by atoms with Crippen molar-refractivity contribution in [3.8, 4) is 10.7 Å². The van der Waals surface area contributed by atoms with Gasteiger partial charge >= 0.3 is 5.97 Å². The van der Waals surface area contributed by atoms with Crippen LogP contribution in [0.25, 0.3) is 10.7 Å². The van der Waals surface area contributed by atoms with Gasteiger partial charge in [-0.3, -0.25) is 4.79 Å². The molecule has 0 saturated carbocycles. The van der Waals surface area contributed by atoms with Crippen molar-refractivity contribution in [1.82, 2.24) is 19.5 Å². The Kier molecular flexibility index (Phi) is 6.83. The summed E-state index contributed by atoms with van der Waals surface area (Å²) in [5.41, 5.74) is 0. The van der Waals surface area contributed by atoms with Crippen molar-refractivity contribution in [2.75, 3.05) is 13.4 Å². The lowest BCUT2D eigenvalue weighted by Crippen LogP contribution is -2.42. The summed E-state index contributed by atoms with van der Waals surface area (Å²) in [5.74, 6) is 0.119. The van der Waals surface area contributed by atoms with Crippen LogP contribution < -0.4 is 4.72 Å². The van der Waals surface area contributed by atoms with Crippen LogP contribution in [-0.2, 0) is 26.6 Å². The van der Waals surface area contributed by atoms with E-state index in [2.05, 4.69) is 14.9 Å². The quantitative estimate of drug-likeness (QED) is 0.517. The van der Waals surface area contributed by atoms with E-state index < -0.39 is 22.0 Å². The number of hydrogen-bond donors (Lipinski definition) is 1. The second-order valence-corrected chi connectivity index (χ2v) is 9.81. The third kappa shape index (κ3) is 4.64. The van der Waals surface area contributed by atoms with Crippen molar-refractivity contribution in [1.29, 1.82) is 0 Å². The Morgan fingerprint density at radius 2 is 2.08 bits per heavy atom. The number of nitrogens with one attached hydrogen (secondary N) is 1. The zero-order valence-electron chi connectivity index (χ0n) is 15.2. The molecule has 0 aromatic carbocycles. The third-order valence-electron chi connectivity index (χ3n) is 3.57. The first-order chi connectivity index (χ1) is 12.2. The number of carbonyl (C=O) groups is 1. The summed E-state index contributed by atoms with van der Waals surface area (Å²) in [6.07, 6.45) is 2.24. The van der Waals surface area contributed by atoms with Crippen LogP contribution in [-0.4, -0.2) is 48.6 Å². The van der Waals surface area contributed by atoms with E-state index in [-0.39, 0.29) is 10.1 Å². The SMILES string of the molecule is COC(=O)C(CC(C)C)NS(=O)(=O)c1ccc(-c2nnc(SC)n2C)s1. The van der Waals surface area contributed by atoms with Gasteiger partial charge in [0, 0.05) is 7.05 Å². The van der Waals surface area contributed by atoms with Gasteiger partial charge in [0.25, 0.3) is 10.0 Å². The molecule has 1 unspecified atom stereocenters. The first-order valence-electron chi connectivity index (χ1n) is 7.83. The van der Waals surface area contributed by atoms with Crippen LogP contribution in [0.15, 0.2) is 21.5 Å². The van der Waals surface area contributed by atoms with E-state index in [0.29, 0.717) is 17.1 Å². The molecule has 8 nitrogen and oxygen atoms in total. The summed E-state index contributed by atoms with van der Waals surface area (Å²) in [7, 11) is -0.791. The van der Waals surface area contributed by atoms with Crippen LogP contribution >= 0.6 is 23.1 Å². The molecule has 2 aromatic heterocycles. The van der Waals surface area contributed by atoms with Crippen LogP contribution in [0.3, 0.4) is 0 Å². The number of sulfonamides is 1. The highest BCUT2D eigenvalue weighted by Gasteiger charge is 2.28. The maximum Gasteiger partial charge on any atom is 0.323 e. The minimum atomic E-state index is -3.85. The minimum Gasteiger partial charge on any atom is -0.468 e. The molecule has 0 aliphatic heterocycles. The Labute approximate surface area is 161 Å². The van der Waals surface area contributed by atoms with Crippen molar-refractivity contribution in [3.05, 3.63) is 12.1 Å². The summed E-state index contributed by atoms with van der Waals surface area (Å²) >= 11 is 2.53. The Morgan fingerprint density at radius 1 is 1.38 bits per heavy atom. The van der Waals surface area contributed by atoms with Gasteiger partial charge in [0.2, 0.25) is 0 Å². The Bertz CT molecular complexity index is 873. The van der Waals surface area contributed by atoms with Gasteiger partial charge in [-0.15, -0.1) is 21.5 Å². The largest absolute Gasteiger partial charge is 0.468 e. The van der Waals surface area contributed by atoms with Crippen LogP contribution in [0.1, 0.15) is 20.3 Å². The zero-order chi connectivity index (χ0) is 19.5. The molecule has 2 rings (SSSR count). The van der Waals surface area contributed by atoms with E-state index in [1.165, 1.54) is 24.9 Å². The Balaban J connectivity index is 2.28. The molecule has 1 N–H and O–H groups in total. The van der Waals surface area contributed by atoms with E-state index in [0.717, 1.165) is 16.5 Å². The number of aromatic nitrogens is 3. The number of thioether (sulfide) groups is 1. The van der Waals surface area contributed by atoms with Crippen molar-refractivity contribution in [3.63, 3.8) is 0 Å². The highest BCUT2D eigenvalue weighted by atomic mass is 32.2. The van der Waals surface area contributed by atoms with Gasteiger partial charge in [-0.1, -0.05) is 25.6 Å². The number of carbonyl (C=O) groups excluding carboxylic acids is 1. The molecule has 0 radical (unpaired) electrons. The fraction of sp³-hybridized carbons (Fsp3) is 0.533. The number of methoxy groups -OCH3 is 1. The van der Waals surface area contributed by atoms with Crippen molar-refractivity contribution >= 4 is 39.1 Å². The van der Waals surface area contributed by atoms with Gasteiger partial charge < -0.3 is 9.30 Å². The van der Waals surface area contributed by atoms with E-state index in [4.69, 9.17) is 4.74 Å². The van der Waals surface area contributed by atoms with Crippen molar-refractivity contribution < 1.29 is 17.9 Å². The monoisotopic (exact) mass is 418 g/mol. The number of esters is 1. The molecule has 0 saturated heterocycles. The number of rotatable bonds is 8. The lowest BCUT2D eigenvalue weighted by Gasteiger charge is -2.17. The van der Waals surface area contributed by atoms with Gasteiger partial charge in [0.15, 0.2) is 11.0 Å². The van der Waals surface area contributed by atoms with E-state index in [1.807, 2.05) is 27.2 Å². The molecule has 1 atom stereocenters. The summed E-state index contributed by atoms with van der Waals surface area (Å²) in [6, 6.07) is 2.26. The molecule has 26 heavy (non-hydrogen) atoms. The zero-order valence-corrected chi connectivity index (χ0v) is 17.7. The summed E-state index contributed by atoms with van der Waals surface area (Å²) in [4.78, 5) is 12.6. The fourth-order valence-corrected chi connectivity index (χ4v) is 5.37. The fourth-order valence-electron chi connectivity index (χ4n) is 2.34. The lowest BCUT2D eigenvalue weighted by molar-refractivity contribution is -0.143. The summed E-state index contributed by atoms with van der Waals surface area (Å²) < 4.78 is 34.4. The first-order valence-corrected chi connectivity index (χ1v) is 11.4. The normalized spacial score (nSPS) is 13.2. The van der Waals surface area contributed by atoms with E-state index >= 15 is 0 Å². The topological polar surface area (TPSA) is 103 Å². The molecule has 0 spiro atoms. The average molecular weight is 419 g/mol. The van der Waals surface area contributed by atoms with Gasteiger partial charge in [-0.05, 0) is 30.7 Å². The van der Waals surface area contributed by atoms with Crippen LogP contribution in [0.5, 0.6) is 0 Å². The number of nitrogens with zero attached hydrogens (tertiary/aromatic N) is 3. The lowest BCUT2D eigenvalue weighted by atomic mass is 10.1. The predicted molar refractivity (Wildman–Crippen MR) is 102 cm³/mol. The van der Waals surface area contributed by atoms with Crippen molar-refractivity contribution in [2.45, 2.75) is 35.7 Å². The smallest absolute Gasteiger partial charge is 0.323 e. The number of thiophene rings is 1. The van der Waals surface area contributed by atoms with E-state index in [9.17, 15) is 13.2 Å². The molecule has 0 aliphatic rings. The maximum atomic E-state index is 12.7. The van der Waals surface area contributed by atoms with Gasteiger partial charge in [-0.25, -0.2) is 8.42 Å². The van der Waals surface area contributed by atoms with E-state index in [1.54, 1.807) is 10.6 Å². The van der Waals surface area contributed by atoms with Crippen molar-refractivity contribution in [2.24, 2.45) is 13.0 Å². The van der Waals surface area contributed by atoms with Crippen LogP contribution in [0, 0.1) is 5.92 Å². The van der Waals surface area contributed by atoms with Gasteiger partial charge in [-0.2, -0.15) is 4.72 Å². The molecule has 0 amide bonds. The Morgan fingerprint density at radius 3 is 2.62 bits per heavy atom. The standard InChI is InChI=1S/C15H22N4O4S3/c1-9(2)8-10(14(20)23-4)18-26(21,22)12-7-6-11(25-12)13-16-17-15(24-5)19(13)3/h6-7,9-10,18H,8H2,1-5H3.